The first-order valence-electron chi connectivity index (χ1n) is 8.98. The van der Waals surface area contributed by atoms with Crippen LogP contribution in [-0.2, 0) is 12.8 Å². The highest BCUT2D eigenvalue weighted by Crippen LogP contribution is 2.39. The van der Waals surface area contributed by atoms with Gasteiger partial charge in [-0.15, -0.1) is 0 Å². The van der Waals surface area contributed by atoms with Gasteiger partial charge in [-0.2, -0.15) is 0 Å². The number of rotatable bonds is 6. The van der Waals surface area contributed by atoms with Crippen LogP contribution in [0.2, 0.25) is 0 Å². The maximum atomic E-state index is 10.2. The Morgan fingerprint density at radius 1 is 1.19 bits per heavy atom. The summed E-state index contributed by atoms with van der Waals surface area (Å²) in [7, 11) is 5.57. The fourth-order valence-electron chi connectivity index (χ4n) is 4.05. The highest BCUT2D eigenvalue weighted by Gasteiger charge is 2.38. The van der Waals surface area contributed by atoms with E-state index in [0.29, 0.717) is 11.8 Å². The van der Waals surface area contributed by atoms with Crippen molar-refractivity contribution in [1.29, 1.82) is 0 Å². The molecule has 0 unspecified atom stereocenters. The lowest BCUT2D eigenvalue weighted by molar-refractivity contribution is -0.936. The highest BCUT2D eigenvalue weighted by atomic mass is 16.5. The molecule has 0 bridgehead atoms. The van der Waals surface area contributed by atoms with Crippen molar-refractivity contribution in [3.05, 3.63) is 65.7 Å². The summed E-state index contributed by atoms with van der Waals surface area (Å²) in [5.74, 6) is 1.60. The molecule has 138 valence electrons. The molecule has 2 aromatic carbocycles. The van der Waals surface area contributed by atoms with E-state index in [9.17, 15) is 5.11 Å². The minimum atomic E-state index is 0.189. The largest absolute Gasteiger partial charge is 0.504 e. The first-order valence-corrected chi connectivity index (χ1v) is 8.98. The van der Waals surface area contributed by atoms with Gasteiger partial charge in [-0.3, -0.25) is 0 Å². The summed E-state index contributed by atoms with van der Waals surface area (Å²) < 4.78 is 11.5. The Balaban J connectivity index is 2.00. The third kappa shape index (κ3) is 3.42. The molecule has 0 spiro atoms. The van der Waals surface area contributed by atoms with Gasteiger partial charge in [0.05, 0.1) is 34.4 Å². The summed E-state index contributed by atoms with van der Waals surface area (Å²) in [5.41, 5.74) is 3.81. The van der Waals surface area contributed by atoms with Gasteiger partial charge in [-0.1, -0.05) is 12.6 Å². The van der Waals surface area contributed by atoms with E-state index in [1.165, 1.54) is 11.1 Å². The van der Waals surface area contributed by atoms with Crippen LogP contribution in [0.15, 0.2) is 49.1 Å². The summed E-state index contributed by atoms with van der Waals surface area (Å²) in [6.45, 7) is 5.94. The second-order valence-electron chi connectivity index (χ2n) is 7.22. The maximum Gasteiger partial charge on any atom is 0.160 e. The third-order valence-corrected chi connectivity index (χ3v) is 5.57. The number of phenols is 1. The van der Waals surface area contributed by atoms with Gasteiger partial charge in [0.1, 0.15) is 11.8 Å². The molecule has 0 aromatic heterocycles. The van der Waals surface area contributed by atoms with E-state index in [1.54, 1.807) is 14.2 Å². The molecule has 1 heterocycles. The summed E-state index contributed by atoms with van der Waals surface area (Å²) in [6.07, 6.45) is 3.88. The zero-order valence-electron chi connectivity index (χ0n) is 15.9. The smallest absolute Gasteiger partial charge is 0.160 e. The van der Waals surface area contributed by atoms with Crippen LogP contribution in [0.3, 0.4) is 0 Å². The molecule has 26 heavy (non-hydrogen) atoms. The van der Waals surface area contributed by atoms with E-state index in [4.69, 9.17) is 9.47 Å². The minimum absolute atomic E-state index is 0.189. The van der Waals surface area contributed by atoms with E-state index >= 15 is 0 Å². The van der Waals surface area contributed by atoms with Gasteiger partial charge in [0.25, 0.3) is 0 Å². The molecule has 4 nitrogen and oxygen atoms in total. The molecule has 1 N–H and O–H groups in total. The normalized spacial score (nSPS) is 21.7. The highest BCUT2D eigenvalue weighted by molar-refractivity contribution is 5.43. The minimum Gasteiger partial charge on any atom is -0.504 e. The van der Waals surface area contributed by atoms with E-state index < -0.39 is 0 Å². The number of fused-ring (bicyclic) bond motifs is 1. The molecular formula is C22H28NO3+. The second kappa shape index (κ2) is 7.42. The van der Waals surface area contributed by atoms with Crippen LogP contribution >= 0.6 is 0 Å². The summed E-state index contributed by atoms with van der Waals surface area (Å²) in [4.78, 5) is 0. The average molecular weight is 354 g/mol. The number of aromatic hydroxyl groups is 1. The van der Waals surface area contributed by atoms with Crippen LogP contribution in [-0.4, -0.2) is 43.9 Å². The molecular weight excluding hydrogens is 326 g/mol. The van der Waals surface area contributed by atoms with Gasteiger partial charge in [-0.05, 0) is 47.5 Å². The number of quaternary nitrogens is 1. The first kappa shape index (κ1) is 18.3. The number of hydrogen-bond donors (Lipinski definition) is 1. The molecule has 1 aliphatic heterocycles. The van der Waals surface area contributed by atoms with Gasteiger partial charge >= 0.3 is 0 Å². The van der Waals surface area contributed by atoms with Gasteiger partial charge in [0.15, 0.2) is 11.5 Å². The van der Waals surface area contributed by atoms with Crippen LogP contribution in [0.25, 0.3) is 0 Å². The van der Waals surface area contributed by atoms with Gasteiger partial charge < -0.3 is 19.1 Å². The standard InChI is InChI=1S/C22H27NO3/c1-5-11-23(2)12-10-17-15-18(25-3)7-8-19(17)20(23)13-16-6-9-22(26-4)21(24)14-16/h5-9,14-15,20H,1,10-13H2,2-4H3/p+1/t20-,23-/m0/s1. The molecule has 0 fully saturated rings. The van der Waals surface area contributed by atoms with Gasteiger partial charge in [-0.25, -0.2) is 0 Å². The fraction of sp³-hybridized carbons (Fsp3) is 0.364. The molecule has 0 radical (unpaired) electrons. The summed E-state index contributed by atoms with van der Waals surface area (Å²) >= 11 is 0. The van der Waals surface area contributed by atoms with E-state index in [0.717, 1.165) is 41.7 Å². The lowest BCUT2D eigenvalue weighted by Gasteiger charge is -2.45. The number of hydrogen-bond acceptors (Lipinski definition) is 3. The van der Waals surface area contributed by atoms with Crippen LogP contribution in [0.5, 0.6) is 17.2 Å². The van der Waals surface area contributed by atoms with E-state index in [1.807, 2.05) is 30.3 Å². The Bertz CT molecular complexity index is 802. The predicted octanol–water partition coefficient (Wildman–Crippen LogP) is 3.88. The fourth-order valence-corrected chi connectivity index (χ4v) is 4.05. The summed E-state index contributed by atoms with van der Waals surface area (Å²) in [5, 5.41) is 10.2. The molecule has 2 aromatic rings. The molecule has 0 aliphatic carbocycles. The molecule has 0 saturated heterocycles. The SMILES string of the molecule is C=CC[N@@+]1(C)CCc2cc(OC)ccc2[C@@H]1Cc1ccc(OC)c(O)c1. The quantitative estimate of drug-likeness (QED) is 0.632. The van der Waals surface area contributed by atoms with Crippen molar-refractivity contribution in [3.8, 4) is 17.2 Å². The third-order valence-electron chi connectivity index (χ3n) is 5.57. The average Bonchev–Trinajstić information content (AvgIpc) is 2.64. The number of methoxy groups -OCH3 is 2. The molecule has 1 aliphatic rings. The number of nitrogens with zero attached hydrogens (tertiary/aromatic N) is 1. The Labute approximate surface area is 155 Å². The monoisotopic (exact) mass is 354 g/mol. The summed E-state index contributed by atoms with van der Waals surface area (Å²) in [6, 6.07) is 12.4. The van der Waals surface area contributed by atoms with E-state index in [2.05, 4.69) is 25.8 Å². The topological polar surface area (TPSA) is 38.7 Å². The molecule has 3 rings (SSSR count). The van der Waals surface area contributed by atoms with Crippen LogP contribution in [0.1, 0.15) is 22.7 Å². The Kier molecular flexibility index (Phi) is 5.23. The van der Waals surface area contributed by atoms with Crippen molar-refractivity contribution in [2.45, 2.75) is 18.9 Å². The first-order chi connectivity index (χ1) is 12.5. The lowest BCUT2D eigenvalue weighted by atomic mass is 9.86. The number of benzene rings is 2. The van der Waals surface area contributed by atoms with Gasteiger partial charge in [0.2, 0.25) is 0 Å². The van der Waals surface area contributed by atoms with Crippen LogP contribution < -0.4 is 9.47 Å². The van der Waals surface area contributed by atoms with Crippen molar-refractivity contribution >= 4 is 0 Å². The molecule has 0 amide bonds. The molecule has 0 saturated carbocycles. The Morgan fingerprint density at radius 3 is 2.65 bits per heavy atom. The van der Waals surface area contributed by atoms with Crippen LogP contribution in [0, 0.1) is 0 Å². The number of ether oxygens (including phenoxy) is 2. The van der Waals surface area contributed by atoms with Crippen LogP contribution in [0.4, 0.5) is 0 Å². The maximum absolute atomic E-state index is 10.2. The van der Waals surface area contributed by atoms with Gasteiger partial charge in [0, 0.05) is 18.4 Å². The van der Waals surface area contributed by atoms with E-state index in [-0.39, 0.29) is 5.75 Å². The van der Waals surface area contributed by atoms with Crippen molar-refractivity contribution in [3.63, 3.8) is 0 Å². The van der Waals surface area contributed by atoms with Crippen molar-refractivity contribution in [2.24, 2.45) is 0 Å². The Hall–Kier alpha value is -2.46. The van der Waals surface area contributed by atoms with Crippen molar-refractivity contribution in [1.82, 2.24) is 0 Å². The number of phenolic OH excluding ortho intramolecular Hbond substituents is 1. The van der Waals surface area contributed by atoms with Crippen molar-refractivity contribution in [2.75, 3.05) is 34.4 Å². The number of likely N-dealkylation sites (N-methyl/N-ethyl adjacent to an activating group) is 1. The zero-order valence-corrected chi connectivity index (χ0v) is 15.9. The molecule has 2 atom stereocenters. The Morgan fingerprint density at radius 2 is 2.00 bits per heavy atom. The second-order valence-corrected chi connectivity index (χ2v) is 7.22. The lowest BCUT2D eigenvalue weighted by Crippen LogP contribution is -2.52. The van der Waals surface area contributed by atoms with Crippen molar-refractivity contribution < 1.29 is 19.1 Å². The molecule has 4 heteroatoms. The predicted molar refractivity (Wildman–Crippen MR) is 104 cm³/mol. The zero-order chi connectivity index (χ0) is 18.7.